The van der Waals surface area contributed by atoms with E-state index in [2.05, 4.69) is 44.7 Å². The predicted octanol–water partition coefficient (Wildman–Crippen LogP) is 12.2. The molecule has 44 heavy (non-hydrogen) atoms. The van der Waals surface area contributed by atoms with Gasteiger partial charge in [-0.3, -0.25) is 14.5 Å². The molecule has 1 atom stereocenters. The van der Waals surface area contributed by atoms with Crippen molar-refractivity contribution in [3.8, 4) is 0 Å². The summed E-state index contributed by atoms with van der Waals surface area (Å²) in [7, 11) is 0. The maximum absolute atomic E-state index is 13.7. The lowest BCUT2D eigenvalue weighted by atomic mass is 9.87. The second kappa shape index (κ2) is 27.6. The first-order valence-electron chi connectivity index (χ1n) is 19.1. The lowest BCUT2D eigenvalue weighted by Gasteiger charge is -2.32. The second-order valence-corrected chi connectivity index (χ2v) is 13.5. The number of carbonyl (C=O) groups is 2. The number of unbranched alkanes of at least 4 members (excludes halogenated alkanes) is 15. The molecule has 0 aliphatic rings. The van der Waals surface area contributed by atoms with E-state index in [-0.39, 0.29) is 12.3 Å². The topological polar surface area (TPSA) is 57.6 Å². The smallest absolute Gasteiger partial charge is 0.304 e. The monoisotopic (exact) mass is 614 g/mol. The molecule has 0 bridgehead atoms. The number of hydrogen-bond acceptors (Lipinski definition) is 3. The summed E-state index contributed by atoms with van der Waals surface area (Å²) in [5.41, 5.74) is 2.04. The highest BCUT2D eigenvalue weighted by Crippen LogP contribution is 2.25. The second-order valence-electron chi connectivity index (χ2n) is 13.5. The molecule has 1 N–H and O–H groups in total. The molecule has 1 rings (SSSR count). The Labute approximate surface area is 273 Å². The fourth-order valence-corrected chi connectivity index (χ4v) is 6.57. The van der Waals surface area contributed by atoms with Crippen LogP contribution in [0, 0.1) is 5.92 Å². The Hall–Kier alpha value is -1.68. The van der Waals surface area contributed by atoms with Gasteiger partial charge in [-0.1, -0.05) is 174 Å². The maximum Gasteiger partial charge on any atom is 0.304 e. The Balaban J connectivity index is 2.96. The summed E-state index contributed by atoms with van der Waals surface area (Å²) in [5.74, 6) is -0.264. The molecular weight excluding hydrogens is 542 g/mol. The van der Waals surface area contributed by atoms with Gasteiger partial charge in [0.25, 0.3) is 0 Å². The van der Waals surface area contributed by atoms with Crippen LogP contribution < -0.4 is 0 Å². The van der Waals surface area contributed by atoms with Gasteiger partial charge < -0.3 is 5.11 Å². The van der Waals surface area contributed by atoms with Gasteiger partial charge in [0.05, 0.1) is 6.42 Å². The lowest BCUT2D eigenvalue weighted by Crippen LogP contribution is -2.36. The summed E-state index contributed by atoms with van der Waals surface area (Å²) in [4.78, 5) is 27.7. The first-order chi connectivity index (χ1) is 21.5. The summed E-state index contributed by atoms with van der Waals surface area (Å²) < 4.78 is 0. The third kappa shape index (κ3) is 19.7. The Kier molecular flexibility index (Phi) is 25.3. The average molecular weight is 614 g/mol. The number of carbonyl (C=O) groups excluding carboxylic acids is 1. The third-order valence-electron chi connectivity index (χ3n) is 9.47. The first kappa shape index (κ1) is 40.3. The normalized spacial score (nSPS) is 12.3. The van der Waals surface area contributed by atoms with Crippen LogP contribution >= 0.6 is 0 Å². The molecule has 4 heteroatoms. The van der Waals surface area contributed by atoms with Crippen LogP contribution in [0.25, 0.3) is 0 Å². The molecule has 254 valence electrons. The molecule has 0 amide bonds. The molecule has 1 aromatic carbocycles. The van der Waals surface area contributed by atoms with Crippen LogP contribution in [0.5, 0.6) is 0 Å². The van der Waals surface area contributed by atoms with Gasteiger partial charge >= 0.3 is 5.97 Å². The fourth-order valence-electron chi connectivity index (χ4n) is 6.57. The van der Waals surface area contributed by atoms with Gasteiger partial charge in [0.2, 0.25) is 0 Å². The summed E-state index contributed by atoms with van der Waals surface area (Å²) >= 11 is 0. The van der Waals surface area contributed by atoms with Crippen LogP contribution in [0.2, 0.25) is 0 Å². The lowest BCUT2D eigenvalue weighted by molar-refractivity contribution is -0.137. The summed E-state index contributed by atoms with van der Waals surface area (Å²) in [6.07, 6.45) is 28.2. The largest absolute Gasteiger partial charge is 0.481 e. The van der Waals surface area contributed by atoms with Gasteiger partial charge in [0.15, 0.2) is 5.78 Å². The predicted molar refractivity (Wildman–Crippen MR) is 190 cm³/mol. The van der Waals surface area contributed by atoms with E-state index >= 15 is 0 Å². The minimum Gasteiger partial charge on any atom is -0.481 e. The van der Waals surface area contributed by atoms with Crippen molar-refractivity contribution in [2.75, 3.05) is 6.54 Å². The molecule has 0 aromatic heterocycles. The van der Waals surface area contributed by atoms with E-state index in [9.17, 15) is 14.7 Å². The van der Waals surface area contributed by atoms with Crippen molar-refractivity contribution in [3.63, 3.8) is 0 Å². The molecule has 0 saturated heterocycles. The number of ketones is 1. The van der Waals surface area contributed by atoms with E-state index in [1.54, 1.807) is 0 Å². The number of hydrogen-bond donors (Lipinski definition) is 1. The molecule has 0 fully saturated rings. The summed E-state index contributed by atoms with van der Waals surface area (Å²) in [6.45, 7) is 10.3. The van der Waals surface area contributed by atoms with Crippen molar-refractivity contribution < 1.29 is 14.7 Å². The summed E-state index contributed by atoms with van der Waals surface area (Å²) in [6, 6.07) is 8.78. The Bertz CT molecular complexity index is 806. The van der Waals surface area contributed by atoms with Crippen molar-refractivity contribution in [1.29, 1.82) is 0 Å². The Morgan fingerprint density at radius 3 is 1.43 bits per heavy atom. The van der Waals surface area contributed by atoms with E-state index in [0.717, 1.165) is 50.6 Å². The third-order valence-corrected chi connectivity index (χ3v) is 9.47. The zero-order chi connectivity index (χ0) is 32.3. The first-order valence-corrected chi connectivity index (χ1v) is 19.1. The van der Waals surface area contributed by atoms with Gasteiger partial charge in [0.1, 0.15) is 0 Å². The van der Waals surface area contributed by atoms with E-state index in [1.165, 1.54) is 115 Å². The highest BCUT2D eigenvalue weighted by atomic mass is 16.4. The number of rotatable bonds is 31. The highest BCUT2D eigenvalue weighted by Gasteiger charge is 2.22. The zero-order valence-electron chi connectivity index (χ0n) is 29.6. The molecule has 0 aliphatic carbocycles. The van der Waals surface area contributed by atoms with Crippen molar-refractivity contribution in [3.05, 3.63) is 35.4 Å². The molecule has 0 heterocycles. The molecule has 0 radical (unpaired) electrons. The number of carboxylic acid groups (broad SMARTS) is 1. The van der Waals surface area contributed by atoms with Crippen LogP contribution in [0.15, 0.2) is 24.3 Å². The molecule has 0 saturated carbocycles. The SMILES string of the molecule is CCCCCCCC(CCCCCC)C(=O)c1ccc(CN(CCC(=O)O)C(CCCCCCC)CCCCCCC)cc1. The van der Waals surface area contributed by atoms with Crippen LogP contribution in [-0.2, 0) is 11.3 Å². The van der Waals surface area contributed by atoms with Crippen molar-refractivity contribution in [2.24, 2.45) is 5.92 Å². The van der Waals surface area contributed by atoms with Crippen LogP contribution in [-0.4, -0.2) is 34.3 Å². The molecule has 0 aliphatic heterocycles. The average Bonchev–Trinajstić information content (AvgIpc) is 3.02. The van der Waals surface area contributed by atoms with Gasteiger partial charge in [-0.25, -0.2) is 0 Å². The Morgan fingerprint density at radius 2 is 1.00 bits per heavy atom. The van der Waals surface area contributed by atoms with Crippen LogP contribution in [0.3, 0.4) is 0 Å². The van der Waals surface area contributed by atoms with Crippen molar-refractivity contribution in [1.82, 2.24) is 4.90 Å². The van der Waals surface area contributed by atoms with Gasteiger partial charge in [-0.2, -0.15) is 0 Å². The molecule has 1 aromatic rings. The van der Waals surface area contributed by atoms with E-state index in [0.29, 0.717) is 18.4 Å². The van der Waals surface area contributed by atoms with Crippen LogP contribution in [0.1, 0.15) is 198 Å². The van der Waals surface area contributed by atoms with Gasteiger partial charge in [0, 0.05) is 30.6 Å². The molecular formula is C40H71NO3. The van der Waals surface area contributed by atoms with Crippen molar-refractivity contribution >= 4 is 11.8 Å². The van der Waals surface area contributed by atoms with E-state index in [4.69, 9.17) is 0 Å². The Morgan fingerprint density at radius 1 is 0.591 bits per heavy atom. The van der Waals surface area contributed by atoms with E-state index in [1.807, 2.05) is 12.1 Å². The van der Waals surface area contributed by atoms with E-state index < -0.39 is 5.97 Å². The minimum atomic E-state index is -0.722. The number of nitrogens with zero attached hydrogens (tertiary/aromatic N) is 1. The molecule has 4 nitrogen and oxygen atoms in total. The van der Waals surface area contributed by atoms with Crippen LogP contribution in [0.4, 0.5) is 0 Å². The number of benzene rings is 1. The quantitative estimate of drug-likeness (QED) is 0.0668. The van der Waals surface area contributed by atoms with Gasteiger partial charge in [-0.15, -0.1) is 0 Å². The van der Waals surface area contributed by atoms with Gasteiger partial charge in [-0.05, 0) is 31.2 Å². The number of aliphatic carboxylic acids is 1. The minimum absolute atomic E-state index is 0.135. The molecule has 0 spiro atoms. The summed E-state index contributed by atoms with van der Waals surface area (Å²) in [5, 5.41) is 9.54. The van der Waals surface area contributed by atoms with Crippen molar-refractivity contribution in [2.45, 2.75) is 194 Å². The number of Topliss-reactive ketones (excluding diaryl/α,β-unsaturated/α-hetero) is 1. The standard InChI is InChI=1S/C40H71NO3/c1-5-9-13-17-21-25-36(24-20-16-12-8-4)40(44)37-30-28-35(29-31-37)34-41(33-32-39(42)43)38(26-22-18-14-10-6-2)27-23-19-15-11-7-3/h28-31,36,38H,5-27,32-34H2,1-4H3,(H,42,43). The highest BCUT2D eigenvalue weighted by molar-refractivity contribution is 5.97. The molecule has 1 unspecified atom stereocenters. The fraction of sp³-hybridized carbons (Fsp3) is 0.800. The maximum atomic E-state index is 13.7. The number of carboxylic acids is 1. The zero-order valence-corrected chi connectivity index (χ0v) is 29.6.